The van der Waals surface area contributed by atoms with Gasteiger partial charge in [-0.15, -0.1) is 11.6 Å². The van der Waals surface area contributed by atoms with Gasteiger partial charge < -0.3 is 4.74 Å². The Hall–Kier alpha value is -0.400. The SMILES string of the molecule is CC1CN(S(=O)(=O)c2cc(F)c(Cl)c(CCl)c2)CCCO1. The molecule has 0 aliphatic carbocycles. The number of hydrogen-bond acceptors (Lipinski definition) is 3. The third-order valence-corrected chi connectivity index (χ3v) is 5.83. The van der Waals surface area contributed by atoms with Gasteiger partial charge in [-0.1, -0.05) is 11.6 Å². The van der Waals surface area contributed by atoms with Crippen molar-refractivity contribution in [2.24, 2.45) is 0 Å². The topological polar surface area (TPSA) is 46.6 Å². The van der Waals surface area contributed by atoms with Crippen LogP contribution < -0.4 is 0 Å². The maximum absolute atomic E-state index is 13.8. The molecule has 0 spiro atoms. The Morgan fingerprint density at radius 3 is 2.86 bits per heavy atom. The minimum Gasteiger partial charge on any atom is -0.377 e. The molecular weight excluding hydrogens is 340 g/mol. The van der Waals surface area contributed by atoms with Gasteiger partial charge in [0, 0.05) is 25.6 Å². The van der Waals surface area contributed by atoms with E-state index in [1.54, 1.807) is 6.92 Å². The molecule has 1 aromatic rings. The molecule has 0 N–H and O–H groups in total. The van der Waals surface area contributed by atoms with Gasteiger partial charge in [0.25, 0.3) is 0 Å². The quantitative estimate of drug-likeness (QED) is 0.783. The molecule has 1 aromatic carbocycles. The van der Waals surface area contributed by atoms with Crippen molar-refractivity contribution < 1.29 is 17.5 Å². The van der Waals surface area contributed by atoms with Crippen LogP contribution in [0.25, 0.3) is 0 Å². The average molecular weight is 356 g/mol. The lowest BCUT2D eigenvalue weighted by molar-refractivity contribution is 0.0752. The van der Waals surface area contributed by atoms with Crippen LogP contribution in [0.3, 0.4) is 0 Å². The van der Waals surface area contributed by atoms with E-state index in [1.165, 1.54) is 10.4 Å². The van der Waals surface area contributed by atoms with E-state index in [4.69, 9.17) is 27.9 Å². The summed E-state index contributed by atoms with van der Waals surface area (Å²) in [6.45, 7) is 2.89. The lowest BCUT2D eigenvalue weighted by Gasteiger charge is -2.22. The van der Waals surface area contributed by atoms with E-state index in [9.17, 15) is 12.8 Å². The van der Waals surface area contributed by atoms with Gasteiger partial charge in [-0.2, -0.15) is 4.31 Å². The van der Waals surface area contributed by atoms with Crippen LogP contribution in [0, 0.1) is 5.82 Å². The van der Waals surface area contributed by atoms with Crippen molar-refractivity contribution in [3.63, 3.8) is 0 Å². The smallest absolute Gasteiger partial charge is 0.243 e. The summed E-state index contributed by atoms with van der Waals surface area (Å²) in [4.78, 5) is -0.130. The fraction of sp³-hybridized carbons (Fsp3) is 0.538. The summed E-state index contributed by atoms with van der Waals surface area (Å²) in [5, 5.41) is -0.142. The second kappa shape index (κ2) is 6.79. The van der Waals surface area contributed by atoms with Crippen molar-refractivity contribution in [3.8, 4) is 0 Å². The second-order valence-electron chi connectivity index (χ2n) is 4.91. The van der Waals surface area contributed by atoms with Crippen LogP contribution in [0.5, 0.6) is 0 Å². The van der Waals surface area contributed by atoms with Crippen molar-refractivity contribution in [2.45, 2.75) is 30.2 Å². The van der Waals surface area contributed by atoms with Crippen LogP contribution in [0.4, 0.5) is 4.39 Å². The molecule has 0 radical (unpaired) electrons. The van der Waals surface area contributed by atoms with Gasteiger partial charge in [-0.3, -0.25) is 0 Å². The van der Waals surface area contributed by atoms with Gasteiger partial charge in [0.05, 0.1) is 16.0 Å². The van der Waals surface area contributed by atoms with Crippen LogP contribution in [0.15, 0.2) is 17.0 Å². The summed E-state index contributed by atoms with van der Waals surface area (Å²) in [6, 6.07) is 2.26. The minimum atomic E-state index is -3.79. The van der Waals surface area contributed by atoms with Gasteiger partial charge in [-0.05, 0) is 31.0 Å². The first-order chi connectivity index (χ1) is 9.86. The summed E-state index contributed by atoms with van der Waals surface area (Å²) in [5.74, 6) is -0.842. The van der Waals surface area contributed by atoms with Gasteiger partial charge >= 0.3 is 0 Å². The molecule has 1 atom stereocenters. The Morgan fingerprint density at radius 2 is 2.19 bits per heavy atom. The molecule has 0 saturated carbocycles. The van der Waals surface area contributed by atoms with E-state index in [2.05, 4.69) is 0 Å². The predicted octanol–water partition coefficient (Wildman–Crippen LogP) is 3.02. The molecule has 2 rings (SSSR count). The number of alkyl halides is 1. The number of sulfonamides is 1. The van der Waals surface area contributed by atoms with Crippen LogP contribution in [0.2, 0.25) is 5.02 Å². The Labute approximate surface area is 133 Å². The zero-order valence-corrected chi connectivity index (χ0v) is 13.8. The first-order valence-corrected chi connectivity index (χ1v) is 8.87. The standard InChI is InChI=1S/C13H16Cl2FNO3S/c1-9-8-17(3-2-4-20-9)21(18,19)11-5-10(7-14)13(15)12(16)6-11/h5-6,9H,2-4,7-8H2,1H3. The molecule has 1 heterocycles. The Balaban J connectivity index is 2.41. The van der Waals surface area contributed by atoms with Crippen LogP contribution in [0.1, 0.15) is 18.9 Å². The Bertz CT molecular complexity index is 624. The molecule has 1 aliphatic heterocycles. The Morgan fingerprint density at radius 1 is 1.48 bits per heavy atom. The highest BCUT2D eigenvalue weighted by Gasteiger charge is 2.29. The van der Waals surface area contributed by atoms with E-state index < -0.39 is 15.8 Å². The summed E-state index contributed by atoms with van der Waals surface area (Å²) in [5.41, 5.74) is 0.260. The molecule has 1 fully saturated rings. The molecule has 21 heavy (non-hydrogen) atoms. The molecule has 0 aromatic heterocycles. The first kappa shape index (κ1) is 17.0. The molecule has 1 unspecified atom stereocenters. The third-order valence-electron chi connectivity index (χ3n) is 3.27. The second-order valence-corrected chi connectivity index (χ2v) is 7.49. The normalized spacial score (nSPS) is 21.2. The summed E-state index contributed by atoms with van der Waals surface area (Å²) < 4.78 is 45.8. The number of hydrogen-bond donors (Lipinski definition) is 0. The molecule has 8 heteroatoms. The molecule has 4 nitrogen and oxygen atoms in total. The van der Waals surface area contributed by atoms with Crippen molar-refractivity contribution in [1.29, 1.82) is 0 Å². The van der Waals surface area contributed by atoms with Crippen molar-refractivity contribution in [1.82, 2.24) is 4.31 Å². The van der Waals surface area contributed by atoms with Crippen LogP contribution in [-0.4, -0.2) is 38.5 Å². The Kier molecular flexibility index (Phi) is 5.48. The molecule has 0 bridgehead atoms. The fourth-order valence-electron chi connectivity index (χ4n) is 2.19. The number of ether oxygens (including phenoxy) is 1. The zero-order valence-electron chi connectivity index (χ0n) is 11.5. The van der Waals surface area contributed by atoms with E-state index in [0.717, 1.165) is 6.07 Å². The number of halogens is 3. The first-order valence-electron chi connectivity index (χ1n) is 6.52. The van der Waals surface area contributed by atoms with E-state index in [0.29, 0.717) is 19.6 Å². The van der Waals surface area contributed by atoms with Crippen LogP contribution >= 0.6 is 23.2 Å². The third kappa shape index (κ3) is 3.68. The lowest BCUT2D eigenvalue weighted by atomic mass is 10.2. The van der Waals surface area contributed by atoms with Gasteiger partial charge in [0.15, 0.2) is 0 Å². The average Bonchev–Trinajstić information content (AvgIpc) is 2.66. The van der Waals surface area contributed by atoms with Gasteiger partial charge in [0.2, 0.25) is 10.0 Å². The number of rotatable bonds is 3. The van der Waals surface area contributed by atoms with Crippen molar-refractivity contribution >= 4 is 33.2 Å². The molecule has 0 amide bonds. The fourth-order valence-corrected chi connectivity index (χ4v) is 4.26. The minimum absolute atomic E-state index is 0.0569. The number of nitrogens with zero attached hydrogens (tertiary/aromatic N) is 1. The number of benzene rings is 1. The highest BCUT2D eigenvalue weighted by molar-refractivity contribution is 7.89. The van der Waals surface area contributed by atoms with E-state index in [-0.39, 0.29) is 34.0 Å². The maximum atomic E-state index is 13.8. The summed E-state index contributed by atoms with van der Waals surface area (Å²) in [7, 11) is -3.79. The van der Waals surface area contributed by atoms with Gasteiger partial charge in [0.1, 0.15) is 5.82 Å². The highest BCUT2D eigenvalue weighted by atomic mass is 35.5. The van der Waals surface area contributed by atoms with Gasteiger partial charge in [-0.25, -0.2) is 12.8 Å². The van der Waals surface area contributed by atoms with E-state index in [1.807, 2.05) is 0 Å². The molecule has 1 aliphatic rings. The van der Waals surface area contributed by atoms with E-state index >= 15 is 0 Å². The van der Waals surface area contributed by atoms with Crippen molar-refractivity contribution in [2.75, 3.05) is 19.7 Å². The molecule has 1 saturated heterocycles. The molecular formula is C13H16Cl2FNO3S. The highest BCUT2D eigenvalue weighted by Crippen LogP contribution is 2.28. The van der Waals surface area contributed by atoms with Crippen molar-refractivity contribution in [3.05, 3.63) is 28.5 Å². The lowest BCUT2D eigenvalue weighted by Crippen LogP contribution is -2.36. The maximum Gasteiger partial charge on any atom is 0.243 e. The monoisotopic (exact) mass is 355 g/mol. The summed E-state index contributed by atoms with van der Waals surface area (Å²) in [6.07, 6.45) is 0.397. The predicted molar refractivity (Wildman–Crippen MR) is 79.8 cm³/mol. The van der Waals surface area contributed by atoms with Crippen LogP contribution in [-0.2, 0) is 20.6 Å². The zero-order chi connectivity index (χ0) is 15.6. The largest absolute Gasteiger partial charge is 0.377 e. The summed E-state index contributed by atoms with van der Waals surface area (Å²) >= 11 is 11.4. The molecule has 118 valence electrons.